The van der Waals surface area contributed by atoms with Gasteiger partial charge in [-0.05, 0) is 48.9 Å². The van der Waals surface area contributed by atoms with Crippen molar-refractivity contribution in [3.8, 4) is 5.75 Å². The van der Waals surface area contributed by atoms with Crippen LogP contribution < -0.4 is 27.4 Å². The van der Waals surface area contributed by atoms with Gasteiger partial charge in [0.2, 0.25) is 30.0 Å². The second kappa shape index (κ2) is 15.2. The lowest BCUT2D eigenvalue weighted by atomic mass is 10.0. The highest BCUT2D eigenvalue weighted by atomic mass is 16.3. The summed E-state index contributed by atoms with van der Waals surface area (Å²) in [5.41, 5.74) is 13.2. The molecule has 12 nitrogen and oxygen atoms in total. The number of nitrogens with two attached hydrogens (primary N) is 2. The standard InChI is InChI=1S/C29H36N6O6/c30-23(16-19-5-2-1-3-6-19)28(40)34-21(15-20-8-11-22(37)12-9-20)10-13-26(38)32-17-24(33-18-36)29(41)35-14-4-7-25(35)27(31)39/h1-3,5-6,8-13,18,21,23-25,37H,4,7,14-17,30H2,(H2,31,39)(H,32,38)(H,33,36)(H,34,40). The molecule has 8 N–H and O–H groups in total. The number of rotatable bonds is 14. The summed E-state index contributed by atoms with van der Waals surface area (Å²) in [6.45, 7) is 0.0992. The molecule has 5 amide bonds. The molecule has 0 aliphatic carbocycles. The van der Waals surface area contributed by atoms with Crippen LogP contribution in [0, 0.1) is 0 Å². The van der Waals surface area contributed by atoms with Crippen LogP contribution in [0.5, 0.6) is 5.75 Å². The number of carbonyl (C=O) groups excluding carboxylic acids is 5. The van der Waals surface area contributed by atoms with E-state index in [1.165, 1.54) is 29.2 Å². The van der Waals surface area contributed by atoms with Crippen LogP contribution in [-0.4, -0.2) is 77.3 Å². The quantitative estimate of drug-likeness (QED) is 0.128. The Morgan fingerprint density at radius 2 is 1.71 bits per heavy atom. The molecule has 0 spiro atoms. The molecule has 1 saturated heterocycles. The fourth-order valence-corrected chi connectivity index (χ4v) is 4.59. The van der Waals surface area contributed by atoms with Crippen molar-refractivity contribution >= 4 is 30.0 Å². The highest BCUT2D eigenvalue weighted by molar-refractivity contribution is 5.92. The average Bonchev–Trinajstić information content (AvgIpc) is 3.46. The first-order valence-electron chi connectivity index (χ1n) is 13.3. The molecule has 2 aromatic rings. The lowest BCUT2D eigenvalue weighted by molar-refractivity contribution is -0.139. The SMILES string of the molecule is NC(=O)C1CCCN1C(=O)C(CNC(=O)C=CC(Cc1ccc(O)cc1)NC(=O)C(N)Cc1ccccc1)NC=O. The van der Waals surface area contributed by atoms with Crippen molar-refractivity contribution in [2.24, 2.45) is 11.5 Å². The molecule has 1 fully saturated rings. The predicted molar refractivity (Wildman–Crippen MR) is 151 cm³/mol. The molecule has 41 heavy (non-hydrogen) atoms. The molecule has 12 heteroatoms. The van der Waals surface area contributed by atoms with Crippen LogP contribution >= 0.6 is 0 Å². The monoisotopic (exact) mass is 564 g/mol. The first kappa shape index (κ1) is 30.8. The van der Waals surface area contributed by atoms with E-state index in [2.05, 4.69) is 16.0 Å². The Morgan fingerprint density at radius 1 is 1.02 bits per heavy atom. The van der Waals surface area contributed by atoms with Gasteiger partial charge in [0.05, 0.1) is 12.1 Å². The van der Waals surface area contributed by atoms with E-state index in [4.69, 9.17) is 11.5 Å². The van der Waals surface area contributed by atoms with Crippen molar-refractivity contribution in [2.75, 3.05) is 13.1 Å². The number of nitrogens with one attached hydrogen (secondary N) is 3. The van der Waals surface area contributed by atoms with Gasteiger partial charge in [-0.3, -0.25) is 24.0 Å². The zero-order chi connectivity index (χ0) is 29.8. The van der Waals surface area contributed by atoms with Crippen LogP contribution in [0.25, 0.3) is 0 Å². The van der Waals surface area contributed by atoms with Gasteiger partial charge in [-0.15, -0.1) is 0 Å². The Labute approximate surface area is 238 Å². The number of nitrogens with zero attached hydrogens (tertiary/aromatic N) is 1. The van der Waals surface area contributed by atoms with Crippen LogP contribution in [0.15, 0.2) is 66.7 Å². The second-order valence-electron chi connectivity index (χ2n) is 9.82. The number of amides is 5. The van der Waals surface area contributed by atoms with Gasteiger partial charge in [0.25, 0.3) is 0 Å². The average molecular weight is 565 g/mol. The Hall–Kier alpha value is -4.71. The molecule has 1 aliphatic rings. The zero-order valence-electron chi connectivity index (χ0n) is 22.6. The minimum absolute atomic E-state index is 0.0956. The Kier molecular flexibility index (Phi) is 11.4. The molecular formula is C29H36N6O6. The first-order valence-corrected chi connectivity index (χ1v) is 13.3. The van der Waals surface area contributed by atoms with Crippen molar-refractivity contribution in [2.45, 2.75) is 49.9 Å². The van der Waals surface area contributed by atoms with Gasteiger partial charge in [-0.1, -0.05) is 48.5 Å². The normalized spacial score (nSPS) is 16.9. The van der Waals surface area contributed by atoms with E-state index >= 15 is 0 Å². The van der Waals surface area contributed by atoms with Crippen LogP contribution in [0.2, 0.25) is 0 Å². The van der Waals surface area contributed by atoms with Crippen molar-refractivity contribution in [3.63, 3.8) is 0 Å². The van der Waals surface area contributed by atoms with Crippen LogP contribution in [0.1, 0.15) is 24.0 Å². The summed E-state index contributed by atoms with van der Waals surface area (Å²) in [5.74, 6) is -2.02. The fraction of sp³-hybridized carbons (Fsp3) is 0.345. The highest BCUT2D eigenvalue weighted by Crippen LogP contribution is 2.18. The maximum Gasteiger partial charge on any atom is 0.247 e. The lowest BCUT2D eigenvalue weighted by Gasteiger charge is -2.27. The summed E-state index contributed by atoms with van der Waals surface area (Å²) in [6.07, 6.45) is 4.75. The van der Waals surface area contributed by atoms with E-state index < -0.39 is 47.8 Å². The number of carbonyl (C=O) groups is 5. The molecule has 3 rings (SSSR count). The molecule has 0 saturated carbocycles. The number of phenols is 1. The van der Waals surface area contributed by atoms with E-state index in [0.717, 1.165) is 11.1 Å². The number of phenolic OH excluding ortho intramolecular Hbond substituents is 1. The molecule has 0 bridgehead atoms. The van der Waals surface area contributed by atoms with Gasteiger partial charge < -0.3 is 37.4 Å². The Balaban J connectivity index is 1.64. The molecule has 218 valence electrons. The topological polar surface area (TPSA) is 197 Å². The predicted octanol–water partition coefficient (Wildman–Crippen LogP) is -0.747. The van der Waals surface area contributed by atoms with Gasteiger partial charge in [-0.25, -0.2) is 0 Å². The van der Waals surface area contributed by atoms with Gasteiger partial charge in [-0.2, -0.15) is 0 Å². The van der Waals surface area contributed by atoms with E-state index in [-0.39, 0.29) is 12.3 Å². The number of primary amides is 1. The summed E-state index contributed by atoms with van der Waals surface area (Å²) in [5, 5.41) is 17.4. The number of likely N-dealkylation sites (tertiary alicyclic amines) is 1. The summed E-state index contributed by atoms with van der Waals surface area (Å²) in [4.78, 5) is 62.6. The smallest absolute Gasteiger partial charge is 0.247 e. The molecule has 0 aromatic heterocycles. The summed E-state index contributed by atoms with van der Waals surface area (Å²) in [6, 6.07) is 12.5. The minimum Gasteiger partial charge on any atom is -0.508 e. The number of aromatic hydroxyl groups is 1. The number of hydrogen-bond acceptors (Lipinski definition) is 7. The largest absolute Gasteiger partial charge is 0.508 e. The van der Waals surface area contributed by atoms with E-state index in [1.54, 1.807) is 12.1 Å². The van der Waals surface area contributed by atoms with E-state index in [1.807, 2.05) is 30.3 Å². The molecule has 1 aliphatic heterocycles. The maximum atomic E-state index is 12.9. The third-order valence-corrected chi connectivity index (χ3v) is 6.75. The van der Waals surface area contributed by atoms with Crippen molar-refractivity contribution in [1.29, 1.82) is 0 Å². The maximum absolute atomic E-state index is 12.9. The van der Waals surface area contributed by atoms with Gasteiger partial charge in [0.1, 0.15) is 17.8 Å². The van der Waals surface area contributed by atoms with Crippen molar-refractivity contribution < 1.29 is 29.1 Å². The molecule has 2 aromatic carbocycles. The number of hydrogen-bond donors (Lipinski definition) is 6. The van der Waals surface area contributed by atoms with Crippen LogP contribution in [-0.2, 0) is 36.8 Å². The van der Waals surface area contributed by atoms with Crippen LogP contribution in [0.4, 0.5) is 0 Å². The first-order chi connectivity index (χ1) is 19.7. The van der Waals surface area contributed by atoms with Gasteiger partial charge >= 0.3 is 0 Å². The molecule has 0 radical (unpaired) electrons. The Bertz CT molecular complexity index is 1240. The zero-order valence-corrected chi connectivity index (χ0v) is 22.6. The second-order valence-corrected chi connectivity index (χ2v) is 9.82. The van der Waals surface area contributed by atoms with Crippen LogP contribution in [0.3, 0.4) is 0 Å². The summed E-state index contributed by atoms with van der Waals surface area (Å²) >= 11 is 0. The van der Waals surface area contributed by atoms with Gasteiger partial charge in [0, 0.05) is 19.2 Å². The third kappa shape index (κ3) is 9.46. The number of benzene rings is 2. The Morgan fingerprint density at radius 3 is 2.37 bits per heavy atom. The molecule has 1 heterocycles. The third-order valence-electron chi connectivity index (χ3n) is 6.75. The van der Waals surface area contributed by atoms with Crippen molar-refractivity contribution in [3.05, 3.63) is 77.9 Å². The van der Waals surface area contributed by atoms with E-state index in [0.29, 0.717) is 38.6 Å². The van der Waals surface area contributed by atoms with Crippen molar-refractivity contribution in [1.82, 2.24) is 20.9 Å². The molecular weight excluding hydrogens is 528 g/mol. The fourth-order valence-electron chi connectivity index (χ4n) is 4.59. The summed E-state index contributed by atoms with van der Waals surface area (Å²) < 4.78 is 0. The highest BCUT2D eigenvalue weighted by Gasteiger charge is 2.36. The molecule has 4 unspecified atom stereocenters. The van der Waals surface area contributed by atoms with Gasteiger partial charge in [0.15, 0.2) is 0 Å². The van der Waals surface area contributed by atoms with E-state index in [9.17, 15) is 29.1 Å². The summed E-state index contributed by atoms with van der Waals surface area (Å²) in [7, 11) is 0. The minimum atomic E-state index is -1.09. The lowest BCUT2D eigenvalue weighted by Crippen LogP contribution is -2.55. The molecule has 4 atom stereocenters.